The number of hydrogen-bond acceptors (Lipinski definition) is 3. The van der Waals surface area contributed by atoms with Crippen LogP contribution in [0.1, 0.15) is 12.8 Å². The zero-order chi connectivity index (χ0) is 11.0. The predicted octanol–water partition coefficient (Wildman–Crippen LogP) is 2.24. The summed E-state index contributed by atoms with van der Waals surface area (Å²) in [4.78, 5) is 1.91. The summed E-state index contributed by atoms with van der Waals surface area (Å²) >= 11 is 5.75. The zero-order valence-corrected chi connectivity index (χ0v) is 9.02. The minimum Gasteiger partial charge on any atom is -0.397 e. The number of halogens is 2. The lowest BCUT2D eigenvalue weighted by Crippen LogP contribution is -2.21. The molecule has 0 radical (unpaired) electrons. The van der Waals surface area contributed by atoms with Gasteiger partial charge in [-0.25, -0.2) is 4.39 Å². The molecule has 1 aromatic carbocycles. The van der Waals surface area contributed by atoms with Crippen LogP contribution in [-0.4, -0.2) is 13.1 Å². The van der Waals surface area contributed by atoms with Crippen molar-refractivity contribution in [3.05, 3.63) is 16.9 Å². The van der Waals surface area contributed by atoms with Crippen LogP contribution in [0.5, 0.6) is 0 Å². The van der Waals surface area contributed by atoms with E-state index in [0.717, 1.165) is 25.9 Å². The predicted molar refractivity (Wildman–Crippen MR) is 61.7 cm³/mol. The largest absolute Gasteiger partial charge is 0.397 e. The van der Waals surface area contributed by atoms with Crippen LogP contribution >= 0.6 is 11.6 Å². The van der Waals surface area contributed by atoms with Crippen LogP contribution in [0.3, 0.4) is 0 Å². The average Bonchev–Trinajstić information content (AvgIpc) is 2.68. The molecule has 82 valence electrons. The first-order valence-electron chi connectivity index (χ1n) is 4.89. The maximum Gasteiger partial charge on any atom is 0.169 e. The highest BCUT2D eigenvalue weighted by atomic mass is 35.5. The smallest absolute Gasteiger partial charge is 0.169 e. The quantitative estimate of drug-likeness (QED) is 0.727. The van der Waals surface area contributed by atoms with E-state index in [0.29, 0.717) is 11.4 Å². The Kier molecular flexibility index (Phi) is 2.61. The Hall–Kier alpha value is -1.16. The number of nitrogens with two attached hydrogens (primary N) is 2. The van der Waals surface area contributed by atoms with Crippen molar-refractivity contribution in [3.63, 3.8) is 0 Å². The van der Waals surface area contributed by atoms with Gasteiger partial charge in [-0.3, -0.25) is 0 Å². The van der Waals surface area contributed by atoms with Crippen molar-refractivity contribution in [1.82, 2.24) is 0 Å². The highest BCUT2D eigenvalue weighted by molar-refractivity contribution is 6.33. The number of nitrogen functional groups attached to an aromatic ring is 2. The van der Waals surface area contributed by atoms with E-state index in [9.17, 15) is 4.39 Å². The highest BCUT2D eigenvalue weighted by Crippen LogP contribution is 2.37. The van der Waals surface area contributed by atoms with Crippen molar-refractivity contribution < 1.29 is 4.39 Å². The van der Waals surface area contributed by atoms with Crippen molar-refractivity contribution in [2.24, 2.45) is 0 Å². The van der Waals surface area contributed by atoms with Crippen LogP contribution in [0.25, 0.3) is 0 Å². The number of anilines is 3. The molecule has 1 fully saturated rings. The fourth-order valence-electron chi connectivity index (χ4n) is 1.92. The lowest BCUT2D eigenvalue weighted by Gasteiger charge is -2.21. The summed E-state index contributed by atoms with van der Waals surface area (Å²) in [7, 11) is 0. The van der Waals surface area contributed by atoms with E-state index in [-0.39, 0.29) is 10.7 Å². The Morgan fingerprint density at radius 2 is 1.80 bits per heavy atom. The monoisotopic (exact) mass is 229 g/mol. The minimum absolute atomic E-state index is 0.0360. The van der Waals surface area contributed by atoms with Crippen molar-refractivity contribution in [2.75, 3.05) is 29.5 Å². The van der Waals surface area contributed by atoms with E-state index < -0.39 is 5.82 Å². The van der Waals surface area contributed by atoms with E-state index in [1.165, 1.54) is 6.07 Å². The van der Waals surface area contributed by atoms with Crippen molar-refractivity contribution >= 4 is 28.7 Å². The van der Waals surface area contributed by atoms with E-state index in [1.807, 2.05) is 4.90 Å². The highest BCUT2D eigenvalue weighted by Gasteiger charge is 2.22. The molecule has 4 N–H and O–H groups in total. The molecule has 0 amide bonds. The summed E-state index contributed by atoms with van der Waals surface area (Å²) in [5.74, 6) is -0.504. The fourth-order valence-corrected chi connectivity index (χ4v) is 2.06. The van der Waals surface area contributed by atoms with E-state index >= 15 is 0 Å². The van der Waals surface area contributed by atoms with Gasteiger partial charge < -0.3 is 16.4 Å². The standard InChI is InChI=1S/C10H13ClFN3/c11-8-6(13)5-7(14)10(9(8)12)15-3-1-2-4-15/h5H,1-4,13-14H2. The van der Waals surface area contributed by atoms with Gasteiger partial charge in [-0.2, -0.15) is 0 Å². The van der Waals surface area contributed by atoms with Crippen molar-refractivity contribution in [2.45, 2.75) is 12.8 Å². The molecule has 0 aliphatic carbocycles. The molecule has 0 bridgehead atoms. The van der Waals surface area contributed by atoms with Crippen LogP contribution in [0.15, 0.2) is 6.07 Å². The van der Waals surface area contributed by atoms with Gasteiger partial charge in [-0.15, -0.1) is 0 Å². The minimum atomic E-state index is -0.504. The normalized spacial score (nSPS) is 16.0. The lowest BCUT2D eigenvalue weighted by molar-refractivity contribution is 0.625. The first-order chi connectivity index (χ1) is 7.11. The summed E-state index contributed by atoms with van der Waals surface area (Å²) < 4.78 is 13.8. The van der Waals surface area contributed by atoms with Gasteiger partial charge in [0.1, 0.15) is 5.02 Å². The molecule has 2 rings (SSSR count). The molecule has 0 saturated carbocycles. The van der Waals surface area contributed by atoms with Crippen LogP contribution in [0.4, 0.5) is 21.5 Å². The van der Waals surface area contributed by atoms with Crippen LogP contribution in [0, 0.1) is 5.82 Å². The average molecular weight is 230 g/mol. The Labute approximate surface area is 92.8 Å². The van der Waals surface area contributed by atoms with Gasteiger partial charge >= 0.3 is 0 Å². The number of hydrogen-bond donors (Lipinski definition) is 2. The molecule has 1 aromatic rings. The number of rotatable bonds is 1. The summed E-state index contributed by atoms with van der Waals surface area (Å²) in [5, 5.41) is -0.0360. The Bertz CT molecular complexity index is 389. The molecule has 0 spiro atoms. The summed E-state index contributed by atoms with van der Waals surface area (Å²) in [6.07, 6.45) is 2.11. The maximum absolute atomic E-state index is 13.8. The molecular formula is C10H13ClFN3. The second kappa shape index (κ2) is 3.77. The van der Waals surface area contributed by atoms with Crippen molar-refractivity contribution in [1.29, 1.82) is 0 Å². The summed E-state index contributed by atoms with van der Waals surface area (Å²) in [6.45, 7) is 1.64. The molecule has 1 aliphatic heterocycles. The molecule has 0 unspecified atom stereocenters. The Balaban J connectivity index is 2.50. The molecular weight excluding hydrogens is 217 g/mol. The van der Waals surface area contributed by atoms with Crippen molar-refractivity contribution in [3.8, 4) is 0 Å². The fraction of sp³-hybridized carbons (Fsp3) is 0.400. The third-order valence-corrected chi connectivity index (χ3v) is 3.04. The SMILES string of the molecule is Nc1cc(N)c(N2CCCC2)c(F)c1Cl. The van der Waals surface area contributed by atoms with Crippen LogP contribution in [0.2, 0.25) is 5.02 Å². The first-order valence-corrected chi connectivity index (χ1v) is 5.27. The summed E-state index contributed by atoms with van der Waals surface area (Å²) in [6, 6.07) is 1.51. The van der Waals surface area contributed by atoms with E-state index in [1.54, 1.807) is 0 Å². The maximum atomic E-state index is 13.8. The summed E-state index contributed by atoms with van der Waals surface area (Å²) in [5.41, 5.74) is 12.2. The number of benzene rings is 1. The molecule has 0 aromatic heterocycles. The topological polar surface area (TPSA) is 55.3 Å². The third-order valence-electron chi connectivity index (χ3n) is 2.66. The molecule has 1 aliphatic rings. The number of nitrogens with zero attached hydrogens (tertiary/aromatic N) is 1. The molecule has 3 nitrogen and oxygen atoms in total. The second-order valence-electron chi connectivity index (χ2n) is 3.73. The van der Waals surface area contributed by atoms with Crippen LogP contribution < -0.4 is 16.4 Å². The Morgan fingerprint density at radius 1 is 1.20 bits per heavy atom. The van der Waals surface area contributed by atoms with Gasteiger partial charge in [0.15, 0.2) is 5.82 Å². The van der Waals surface area contributed by atoms with Gasteiger partial charge in [-0.1, -0.05) is 11.6 Å². The molecule has 5 heteroatoms. The Morgan fingerprint density at radius 3 is 2.40 bits per heavy atom. The van der Waals surface area contributed by atoms with Crippen LogP contribution in [-0.2, 0) is 0 Å². The van der Waals surface area contributed by atoms with Gasteiger partial charge in [0, 0.05) is 13.1 Å². The zero-order valence-electron chi connectivity index (χ0n) is 8.26. The van der Waals surface area contributed by atoms with E-state index in [2.05, 4.69) is 0 Å². The lowest BCUT2D eigenvalue weighted by atomic mass is 10.2. The molecule has 15 heavy (non-hydrogen) atoms. The van der Waals surface area contributed by atoms with Gasteiger partial charge in [0.05, 0.1) is 17.1 Å². The molecule has 0 atom stereocenters. The molecule has 1 heterocycles. The first kappa shape index (κ1) is 10.4. The van der Waals surface area contributed by atoms with E-state index in [4.69, 9.17) is 23.1 Å². The van der Waals surface area contributed by atoms with Gasteiger partial charge in [0.2, 0.25) is 0 Å². The third kappa shape index (κ3) is 1.69. The molecule has 1 saturated heterocycles. The second-order valence-corrected chi connectivity index (χ2v) is 4.10. The van der Waals surface area contributed by atoms with Gasteiger partial charge in [-0.05, 0) is 18.9 Å². The van der Waals surface area contributed by atoms with Gasteiger partial charge in [0.25, 0.3) is 0 Å².